The predicted octanol–water partition coefficient (Wildman–Crippen LogP) is 2.54. The number of carbonyl (C=O) groups excluding carboxylic acids is 7. The second-order valence-corrected chi connectivity index (χ2v) is 22.2. The van der Waals surface area contributed by atoms with Gasteiger partial charge in [0.05, 0.1) is 4.90 Å². The third-order valence-electron chi connectivity index (χ3n) is 14.2. The first kappa shape index (κ1) is 56.8. The second-order valence-electron chi connectivity index (χ2n) is 20.6. The van der Waals surface area contributed by atoms with Crippen molar-refractivity contribution in [1.29, 1.82) is 0 Å². The molecule has 0 aliphatic carbocycles. The summed E-state index contributed by atoms with van der Waals surface area (Å²) < 4.78 is 36.3. The van der Waals surface area contributed by atoms with E-state index >= 15 is 0 Å². The highest BCUT2D eigenvalue weighted by Crippen LogP contribution is 2.43. The van der Waals surface area contributed by atoms with E-state index < -0.39 is 87.3 Å². The quantitative estimate of drug-likeness (QED) is 0.0830. The van der Waals surface area contributed by atoms with Gasteiger partial charge in [-0.05, 0) is 134 Å². The molecule has 2 aromatic carbocycles. The van der Waals surface area contributed by atoms with E-state index in [1.807, 2.05) is 63.3 Å². The van der Waals surface area contributed by atoms with Crippen LogP contribution in [0.25, 0.3) is 0 Å². The van der Waals surface area contributed by atoms with Crippen molar-refractivity contribution in [2.45, 2.75) is 179 Å². The summed E-state index contributed by atoms with van der Waals surface area (Å²) in [5.74, 6) is -3.20. The van der Waals surface area contributed by atoms with Crippen LogP contribution in [-0.4, -0.2) is 134 Å². The number of hydrogen-bond acceptors (Lipinski definition) is 11. The molecule has 7 amide bonds. The zero-order chi connectivity index (χ0) is 53.9. The van der Waals surface area contributed by atoms with Crippen molar-refractivity contribution in [3.63, 3.8) is 0 Å². The van der Waals surface area contributed by atoms with Crippen LogP contribution >= 0.6 is 0 Å². The number of allylic oxidation sites excluding steroid dienone is 2. The predicted molar refractivity (Wildman–Crippen MR) is 279 cm³/mol. The molecule has 8 N–H and O–H groups in total. The van der Waals surface area contributed by atoms with Gasteiger partial charge in [-0.3, -0.25) is 38.6 Å². The van der Waals surface area contributed by atoms with Crippen LogP contribution in [0.3, 0.4) is 0 Å². The first-order valence-electron chi connectivity index (χ1n) is 26.0. The minimum atomic E-state index is -4.19. The molecule has 0 aromatic heterocycles. The molecule has 2 saturated heterocycles. The Bertz CT molecular complexity index is 2600. The fourth-order valence-electron chi connectivity index (χ4n) is 10.4. The number of nitrogens with two attached hydrogens (primary N) is 1. The Kier molecular flexibility index (Phi) is 19.3. The molecular formula is C53H76N10O10S. The number of ether oxygens (including phenoxy) is 1. The van der Waals surface area contributed by atoms with Crippen LogP contribution in [-0.2, 0) is 56.4 Å². The molecule has 4 heterocycles. The standard InChI is InChI=1S/C53H76N10O10S/c1-32-33(2)45(34(3)38-31-53(6,7)73-44(32)38)74(71,72)61-52(54)56-27-17-23-40-50(69)62-28-18-24-42(62)48(67)55-26-16-11-9-8-10-15-22-39(58-36(5)64)47(66)60-41(30-37-20-13-12-14-21-37)51(70)63-29-19-25-43(63)49(68)57-35(4)46(65)59-40/h8-9,12-14,20-21,35,39-43H,10-11,15-19,22-31H2,1-7H3,(H,55,67)(H,57,68)(H,58,64)(H,59,65)(H,60,66)(H3,54,56,61)/b9-8+/t35-,39-,40-,41-,42-,43-/m0/s1. The van der Waals surface area contributed by atoms with E-state index in [4.69, 9.17) is 10.5 Å². The van der Waals surface area contributed by atoms with E-state index in [-0.39, 0.29) is 55.7 Å². The molecule has 4 aliphatic heterocycles. The summed E-state index contributed by atoms with van der Waals surface area (Å²) in [7, 11) is -4.19. The van der Waals surface area contributed by atoms with Gasteiger partial charge in [0.2, 0.25) is 47.3 Å². The number of nitrogens with one attached hydrogen (secondary N) is 6. The largest absolute Gasteiger partial charge is 0.487 e. The third kappa shape index (κ3) is 14.4. The molecule has 0 spiro atoms. The van der Waals surface area contributed by atoms with Gasteiger partial charge >= 0.3 is 0 Å². The van der Waals surface area contributed by atoms with Gasteiger partial charge in [-0.2, -0.15) is 0 Å². The number of rotatable bonds is 9. The monoisotopic (exact) mass is 1040 g/mol. The molecule has 6 atom stereocenters. The van der Waals surface area contributed by atoms with Gasteiger partial charge in [0.15, 0.2) is 0 Å². The molecule has 6 rings (SSSR count). The second kappa shape index (κ2) is 25.1. The van der Waals surface area contributed by atoms with Gasteiger partial charge in [-0.15, -0.1) is 0 Å². The van der Waals surface area contributed by atoms with Gasteiger partial charge in [-0.1, -0.05) is 42.5 Å². The Morgan fingerprint density at radius 1 is 0.797 bits per heavy atom. The summed E-state index contributed by atoms with van der Waals surface area (Å²) in [4.78, 5) is 104. The number of sulfonamides is 1. The number of fused-ring (bicyclic) bond motifs is 3. The van der Waals surface area contributed by atoms with Crippen molar-refractivity contribution in [1.82, 2.24) is 41.1 Å². The average molecular weight is 1050 g/mol. The van der Waals surface area contributed by atoms with Crippen molar-refractivity contribution in [3.8, 4) is 5.75 Å². The van der Waals surface area contributed by atoms with E-state index in [0.29, 0.717) is 87.6 Å². The van der Waals surface area contributed by atoms with E-state index in [1.54, 1.807) is 13.8 Å². The maximum absolute atomic E-state index is 14.5. The Morgan fingerprint density at radius 2 is 1.42 bits per heavy atom. The molecule has 0 bridgehead atoms. The lowest BCUT2D eigenvalue weighted by Crippen LogP contribution is -2.59. The molecule has 404 valence electrons. The summed E-state index contributed by atoms with van der Waals surface area (Å²) in [6.07, 6.45) is 9.30. The number of guanidine groups is 1. The molecule has 74 heavy (non-hydrogen) atoms. The minimum absolute atomic E-state index is 0.0200. The summed E-state index contributed by atoms with van der Waals surface area (Å²) in [6, 6.07) is 3.02. The molecule has 20 nitrogen and oxygen atoms in total. The lowest BCUT2D eigenvalue weighted by Gasteiger charge is -2.31. The Balaban J connectivity index is 1.20. The van der Waals surface area contributed by atoms with Gasteiger partial charge in [0, 0.05) is 51.5 Å². The molecule has 0 radical (unpaired) electrons. The normalized spacial score (nSPS) is 25.4. The van der Waals surface area contributed by atoms with Gasteiger partial charge in [0.1, 0.15) is 47.6 Å². The fraction of sp³-hybridized carbons (Fsp3) is 0.585. The van der Waals surface area contributed by atoms with Crippen LogP contribution in [0.4, 0.5) is 0 Å². The molecule has 21 heteroatoms. The van der Waals surface area contributed by atoms with E-state index in [1.165, 1.54) is 23.6 Å². The molecular weight excluding hydrogens is 969 g/mol. The lowest BCUT2D eigenvalue weighted by molar-refractivity contribution is -0.143. The van der Waals surface area contributed by atoms with Crippen molar-refractivity contribution in [2.75, 3.05) is 26.2 Å². The Morgan fingerprint density at radius 3 is 2.08 bits per heavy atom. The molecule has 0 saturated carbocycles. The van der Waals surface area contributed by atoms with Crippen molar-refractivity contribution >= 4 is 57.3 Å². The maximum Gasteiger partial charge on any atom is 0.264 e. The van der Waals surface area contributed by atoms with Crippen LogP contribution in [0.5, 0.6) is 5.75 Å². The fourth-order valence-corrected chi connectivity index (χ4v) is 11.9. The summed E-state index contributed by atoms with van der Waals surface area (Å²) in [5, 5.41) is 14.1. The van der Waals surface area contributed by atoms with Crippen LogP contribution in [0.2, 0.25) is 0 Å². The SMILES string of the molecule is CC(=O)N[C@H]1CCC/C=C/CCCNC(=O)[C@@H]2CCCN2C(=O)[C@H](CCCN=C(N)NS(=O)(=O)c2c(C)c(C)c3c(c2C)CC(C)(C)O3)NC(=O)[C@H](C)NC(=O)[C@@H]2CCCN2C(=O)[C@H](Cc2ccccc2)NC1=O. The Hall–Kier alpha value is -6.51. The molecule has 2 aromatic rings. The molecule has 4 aliphatic rings. The number of benzene rings is 2. The van der Waals surface area contributed by atoms with E-state index in [2.05, 4.69) is 36.3 Å². The van der Waals surface area contributed by atoms with Gasteiger partial charge < -0.3 is 46.9 Å². The summed E-state index contributed by atoms with van der Waals surface area (Å²) >= 11 is 0. The molecule has 2 fully saturated rings. The first-order valence-corrected chi connectivity index (χ1v) is 27.5. The van der Waals surface area contributed by atoms with Crippen LogP contribution in [0, 0.1) is 20.8 Å². The van der Waals surface area contributed by atoms with Crippen LogP contribution in [0.1, 0.15) is 126 Å². The van der Waals surface area contributed by atoms with E-state index in [0.717, 1.165) is 16.7 Å². The number of hydrogen-bond donors (Lipinski definition) is 7. The zero-order valence-electron chi connectivity index (χ0n) is 43.9. The van der Waals surface area contributed by atoms with E-state index in [9.17, 15) is 42.0 Å². The van der Waals surface area contributed by atoms with Gasteiger partial charge in [0.25, 0.3) is 10.0 Å². The number of nitrogens with zero attached hydrogens (tertiary/aromatic N) is 3. The lowest BCUT2D eigenvalue weighted by atomic mass is 9.94. The smallest absolute Gasteiger partial charge is 0.264 e. The number of amides is 7. The first-order chi connectivity index (χ1) is 35.1. The minimum Gasteiger partial charge on any atom is -0.487 e. The van der Waals surface area contributed by atoms with Crippen LogP contribution in [0.15, 0.2) is 52.4 Å². The third-order valence-corrected chi connectivity index (χ3v) is 15.9. The highest BCUT2D eigenvalue weighted by molar-refractivity contribution is 7.90. The Labute approximate surface area is 435 Å². The number of carbonyl (C=O) groups is 7. The van der Waals surface area contributed by atoms with Crippen molar-refractivity contribution in [3.05, 3.63) is 70.3 Å². The van der Waals surface area contributed by atoms with Gasteiger partial charge in [-0.25, -0.2) is 13.1 Å². The summed E-state index contributed by atoms with van der Waals surface area (Å²) in [5.41, 5.74) is 9.09. The zero-order valence-corrected chi connectivity index (χ0v) is 44.8. The van der Waals surface area contributed by atoms with Crippen molar-refractivity contribution < 1.29 is 46.7 Å². The topological polar surface area (TPSA) is 280 Å². The van der Waals surface area contributed by atoms with Crippen molar-refractivity contribution in [2.24, 2.45) is 10.7 Å². The highest BCUT2D eigenvalue weighted by atomic mass is 32.2. The number of aliphatic imine (C=N–C) groups is 1. The average Bonchev–Trinajstić information content (AvgIpc) is 4.12. The van der Waals surface area contributed by atoms with Crippen LogP contribution < -0.4 is 41.8 Å². The highest BCUT2D eigenvalue weighted by Gasteiger charge is 2.42. The molecule has 0 unspecified atom stereocenters. The maximum atomic E-state index is 14.5. The summed E-state index contributed by atoms with van der Waals surface area (Å²) in [6.45, 7) is 12.8.